The molecule has 1 aliphatic rings. The van der Waals surface area contributed by atoms with Crippen LogP contribution in [0.1, 0.15) is 103 Å². The Hall–Kier alpha value is -6.93. The van der Waals surface area contributed by atoms with E-state index in [1.54, 1.807) is 38.1 Å². The highest BCUT2D eigenvalue weighted by atomic mass is 127. The summed E-state index contributed by atoms with van der Waals surface area (Å²) in [6.07, 6.45) is 2.18. The summed E-state index contributed by atoms with van der Waals surface area (Å²) in [5, 5.41) is 44.3. The van der Waals surface area contributed by atoms with Crippen LogP contribution < -0.4 is 65.5 Å². The van der Waals surface area contributed by atoms with Crippen LogP contribution in [-0.2, 0) is 65.6 Å². The normalized spacial score (nSPS) is 15.8. The number of amides is 11. The van der Waals surface area contributed by atoms with Gasteiger partial charge in [0.15, 0.2) is 0 Å². The fourth-order valence-electron chi connectivity index (χ4n) is 8.96. The highest BCUT2D eigenvalue weighted by molar-refractivity contribution is 14.1. The second-order valence-corrected chi connectivity index (χ2v) is 23.6. The highest BCUT2D eigenvalue weighted by Crippen LogP contribution is 2.43. The molecule has 18 N–H and O–H groups in total. The number of benzene rings is 2. The molecule has 1 fully saturated rings. The molecular weight excluding hydrogens is 1250 g/mol. The molecule has 9 atom stereocenters. The van der Waals surface area contributed by atoms with Crippen LogP contribution in [0.25, 0.3) is 10.4 Å². The standard InChI is InChI=1S/C53H78IN15O13S2/c1-4-28(2)44(66-50(80)37(22-30-10-13-32(71)14-11-30)62-42(74)25-53(17-6-5-7-18-53)84-20-16-40(56)72)51(81)67-45(29(3)70)52(82)64-38(24-41(57)73)49(79)65-39(27-83)47(77)60-26-43(75)61-35(9-8-19-55)48(78)63-36(46(58)76)23-31-12-15-34(68-69-59)33(54)21-31/h10-15,21,28-29,35-39,44-45,70-71,83H,4-9,16-20,22-27,55H2,1-3H3,(H2,56,72)(H2,57,73)(H2,58,76)(H,60,77)(H,61,75)(H,62,74)(H,63,78)(H,64,82)(H,65,79)(H,66,80)(H,67,81)/t28-,29+,35?,36?,37-,38-,39-,44-,45-/m0/s1. The lowest BCUT2D eigenvalue weighted by Crippen LogP contribution is -2.62. The zero-order valence-electron chi connectivity index (χ0n) is 47.0. The molecule has 2 aromatic rings. The van der Waals surface area contributed by atoms with E-state index < -0.39 is 143 Å². The minimum Gasteiger partial charge on any atom is -0.508 e. The van der Waals surface area contributed by atoms with E-state index in [0.717, 1.165) is 26.2 Å². The molecule has 462 valence electrons. The monoisotopic (exact) mass is 1320 g/mol. The van der Waals surface area contributed by atoms with Crippen molar-refractivity contribution in [2.24, 2.45) is 34.0 Å². The molecule has 84 heavy (non-hydrogen) atoms. The average Bonchev–Trinajstić information content (AvgIpc) is 3.44. The van der Waals surface area contributed by atoms with Gasteiger partial charge >= 0.3 is 0 Å². The quantitative estimate of drug-likeness (QED) is 0.0133. The molecule has 0 radical (unpaired) electrons. The number of rotatable bonds is 36. The van der Waals surface area contributed by atoms with Crippen LogP contribution in [0.2, 0.25) is 0 Å². The van der Waals surface area contributed by atoms with Crippen LogP contribution in [-0.4, -0.2) is 153 Å². The van der Waals surface area contributed by atoms with Gasteiger partial charge in [0.1, 0.15) is 48.0 Å². The first-order valence-electron chi connectivity index (χ1n) is 27.2. The number of thiol groups is 1. The topological polar surface area (TPSA) is 477 Å². The number of hydrogen-bond donors (Lipinski definition) is 15. The lowest BCUT2D eigenvalue weighted by atomic mass is 9.85. The van der Waals surface area contributed by atoms with E-state index in [9.17, 15) is 63.0 Å². The molecule has 1 saturated carbocycles. The van der Waals surface area contributed by atoms with Crippen molar-refractivity contribution in [1.29, 1.82) is 0 Å². The summed E-state index contributed by atoms with van der Waals surface area (Å²) in [6, 6.07) is 0.397. The molecule has 2 aromatic carbocycles. The Morgan fingerprint density at radius 1 is 0.726 bits per heavy atom. The number of phenolic OH excluding ortho intramolecular Hbond substituents is 1. The van der Waals surface area contributed by atoms with E-state index in [0.29, 0.717) is 45.4 Å². The van der Waals surface area contributed by atoms with Crippen LogP contribution in [0.4, 0.5) is 5.69 Å². The van der Waals surface area contributed by atoms with Gasteiger partial charge in [-0.15, -0.1) is 0 Å². The Morgan fingerprint density at radius 3 is 1.87 bits per heavy atom. The predicted octanol–water partition coefficient (Wildman–Crippen LogP) is -0.609. The number of phenols is 1. The van der Waals surface area contributed by atoms with Crippen molar-refractivity contribution < 1.29 is 63.0 Å². The first kappa shape index (κ1) is 71.3. The molecule has 0 heterocycles. The van der Waals surface area contributed by atoms with Crippen molar-refractivity contribution in [2.45, 2.75) is 157 Å². The number of halogens is 1. The van der Waals surface area contributed by atoms with Gasteiger partial charge in [0.25, 0.3) is 0 Å². The smallest absolute Gasteiger partial charge is 0.245 e. The summed E-state index contributed by atoms with van der Waals surface area (Å²) >= 11 is 7.58. The molecule has 0 bridgehead atoms. The number of aliphatic hydroxyl groups is 1. The number of aromatic hydroxyl groups is 1. The van der Waals surface area contributed by atoms with Crippen LogP contribution >= 0.6 is 47.0 Å². The third-order valence-corrected chi connectivity index (χ3v) is 16.6. The fourth-order valence-corrected chi connectivity index (χ4v) is 11.4. The van der Waals surface area contributed by atoms with Crippen molar-refractivity contribution >= 4 is 118 Å². The summed E-state index contributed by atoms with van der Waals surface area (Å²) in [7, 11) is 0. The number of carbonyl (C=O) groups is 11. The molecule has 1 aliphatic carbocycles. The lowest BCUT2D eigenvalue weighted by molar-refractivity contribution is -0.138. The maximum absolute atomic E-state index is 14.3. The molecule has 11 amide bonds. The molecule has 2 unspecified atom stereocenters. The number of azide groups is 1. The number of nitrogens with two attached hydrogens (primary N) is 4. The number of nitrogens with zero attached hydrogens (tertiary/aromatic N) is 3. The number of nitrogens with one attached hydrogen (secondary N) is 8. The van der Waals surface area contributed by atoms with Gasteiger partial charge in [-0.1, -0.05) is 68.9 Å². The zero-order valence-corrected chi connectivity index (χ0v) is 50.9. The molecule has 0 saturated heterocycles. The third-order valence-electron chi connectivity index (χ3n) is 13.8. The van der Waals surface area contributed by atoms with Crippen molar-refractivity contribution in [1.82, 2.24) is 42.5 Å². The Balaban J connectivity index is 1.74. The Labute approximate surface area is 509 Å². The van der Waals surface area contributed by atoms with Gasteiger partial charge in [0.2, 0.25) is 65.0 Å². The molecule has 3 rings (SSSR count). The summed E-state index contributed by atoms with van der Waals surface area (Å²) in [5.74, 6) is -10.3. The Kier molecular flexibility index (Phi) is 30.6. The molecule has 0 aliphatic heterocycles. The number of aliphatic hydroxyl groups excluding tert-OH is 1. The summed E-state index contributed by atoms with van der Waals surface area (Å²) in [4.78, 5) is 149. The first-order chi connectivity index (χ1) is 39.7. The fraction of sp³-hybridized carbons (Fsp3) is 0.566. The van der Waals surface area contributed by atoms with Crippen molar-refractivity contribution in [3.8, 4) is 5.75 Å². The Bertz CT molecular complexity index is 2700. The highest BCUT2D eigenvalue weighted by Gasteiger charge is 2.39. The zero-order chi connectivity index (χ0) is 62.7. The average molecular weight is 1320 g/mol. The molecule has 28 nitrogen and oxygen atoms in total. The van der Waals surface area contributed by atoms with E-state index >= 15 is 0 Å². The van der Waals surface area contributed by atoms with Gasteiger partial charge in [-0.25, -0.2) is 0 Å². The number of hydrogen-bond acceptors (Lipinski definition) is 17. The van der Waals surface area contributed by atoms with E-state index in [2.05, 4.69) is 65.2 Å². The maximum atomic E-state index is 14.3. The number of primary amides is 3. The third kappa shape index (κ3) is 24.3. The van der Waals surface area contributed by atoms with E-state index in [4.69, 9.17) is 28.5 Å². The minimum absolute atomic E-state index is 0.0115. The SMILES string of the molecule is CC[C@H](C)[C@H](NC(=O)[C@H](Cc1ccc(O)cc1)NC(=O)CC1(SCCC(N)=O)CCCCC1)C(=O)N[C@H](C(=O)N[C@@H](CC(N)=O)C(=O)N[C@@H](CS)C(=O)NCC(=O)NC(CCCN)C(=O)NC(Cc1ccc(N=[N+]=[N-])c(I)c1)C(N)=O)[C@@H](C)O. The van der Waals surface area contributed by atoms with Crippen LogP contribution in [0.3, 0.4) is 0 Å². The van der Waals surface area contributed by atoms with Crippen LogP contribution in [0, 0.1) is 9.49 Å². The van der Waals surface area contributed by atoms with E-state index in [-0.39, 0.29) is 50.8 Å². The first-order valence-corrected chi connectivity index (χ1v) is 29.9. The van der Waals surface area contributed by atoms with E-state index in [1.807, 2.05) is 22.6 Å². The molecular formula is C53H78IN15O13S2. The molecule has 31 heteroatoms. The number of thioether (sulfide) groups is 1. The van der Waals surface area contributed by atoms with Crippen LogP contribution in [0.15, 0.2) is 47.6 Å². The van der Waals surface area contributed by atoms with Crippen LogP contribution in [0.5, 0.6) is 5.75 Å². The van der Waals surface area contributed by atoms with Gasteiger partial charge in [0.05, 0.1) is 24.8 Å². The maximum Gasteiger partial charge on any atom is 0.245 e. The second kappa shape index (κ2) is 36.0. The summed E-state index contributed by atoms with van der Waals surface area (Å²) in [6.45, 7) is 3.90. The van der Waals surface area contributed by atoms with Crippen molar-refractivity contribution in [3.63, 3.8) is 0 Å². The minimum atomic E-state index is -1.83. The van der Waals surface area contributed by atoms with E-state index in [1.165, 1.54) is 30.0 Å². The van der Waals surface area contributed by atoms with Gasteiger partial charge in [-0.05, 0) is 103 Å². The van der Waals surface area contributed by atoms with Crippen molar-refractivity contribution in [3.05, 3.63) is 67.6 Å². The second-order valence-electron chi connectivity index (χ2n) is 20.5. The van der Waals surface area contributed by atoms with Gasteiger partial charge in [-0.2, -0.15) is 24.4 Å². The Morgan fingerprint density at radius 2 is 1.30 bits per heavy atom. The summed E-state index contributed by atoms with van der Waals surface area (Å²) in [5.41, 5.74) is 32.4. The van der Waals surface area contributed by atoms with Gasteiger partial charge in [0, 0.05) is 50.4 Å². The lowest BCUT2D eigenvalue weighted by Gasteiger charge is -2.37. The number of carbonyl (C=O) groups excluding carboxylic acids is 11. The van der Waals surface area contributed by atoms with Crippen molar-refractivity contribution in [2.75, 3.05) is 24.6 Å². The van der Waals surface area contributed by atoms with Gasteiger partial charge < -0.3 is 75.7 Å². The largest absolute Gasteiger partial charge is 0.508 e. The molecule has 0 aromatic heterocycles. The predicted molar refractivity (Wildman–Crippen MR) is 323 cm³/mol. The van der Waals surface area contributed by atoms with Gasteiger partial charge in [-0.3, -0.25) is 52.7 Å². The summed E-state index contributed by atoms with van der Waals surface area (Å²) < 4.78 is 0.0598. The molecule has 0 spiro atoms.